The molecule has 2 heterocycles. The molecule has 7 nitrogen and oxygen atoms in total. The van der Waals surface area contributed by atoms with Crippen molar-refractivity contribution in [3.63, 3.8) is 0 Å². The highest BCUT2D eigenvalue weighted by Gasteiger charge is 1.99. The van der Waals surface area contributed by atoms with Crippen molar-refractivity contribution in [3.05, 3.63) is 12.2 Å². The van der Waals surface area contributed by atoms with Crippen LogP contribution in [0.15, 0.2) is 6.33 Å². The van der Waals surface area contributed by atoms with Crippen LogP contribution in [0, 0.1) is 0 Å². The van der Waals surface area contributed by atoms with E-state index in [1.54, 1.807) is 0 Å². The molecule has 0 aliphatic carbocycles. The van der Waals surface area contributed by atoms with E-state index < -0.39 is 0 Å². The lowest BCUT2D eigenvalue weighted by Crippen LogP contribution is -2.03. The van der Waals surface area contributed by atoms with E-state index in [1.807, 2.05) is 0 Å². The third-order valence-electron chi connectivity index (χ3n) is 1.77. The topological polar surface area (TPSA) is 105 Å². The second-order valence-corrected chi connectivity index (χ2v) is 3.67. The van der Waals surface area contributed by atoms with E-state index >= 15 is 0 Å². The number of aromatic nitrogens is 5. The van der Waals surface area contributed by atoms with Gasteiger partial charge in [-0.25, -0.2) is 4.98 Å². The molecular weight excluding hydrogens is 214 g/mol. The maximum Gasteiger partial charge on any atom is 0.233 e. The minimum atomic E-state index is 0.317. The first-order chi connectivity index (χ1) is 7.34. The van der Waals surface area contributed by atoms with Gasteiger partial charge in [-0.3, -0.25) is 5.10 Å². The predicted molar refractivity (Wildman–Crippen MR) is 57.5 cm³/mol. The number of hydrogen-bond acceptors (Lipinski definition) is 7. The standard InChI is InChI=1S/C7H11N7S/c8-6-12-7(15-14-6)9-3-1-2-5-10-4-11-13-5/h4H,1-3H2,(H,10,11,13)(H3,8,9,12,14). The minimum Gasteiger partial charge on any atom is -0.367 e. The predicted octanol–water partition coefficient (Wildman–Crippen LogP) is 0.283. The zero-order valence-electron chi connectivity index (χ0n) is 7.97. The monoisotopic (exact) mass is 225 g/mol. The van der Waals surface area contributed by atoms with E-state index in [-0.39, 0.29) is 0 Å². The maximum atomic E-state index is 5.38. The van der Waals surface area contributed by atoms with E-state index in [0.717, 1.165) is 30.3 Å². The normalized spacial score (nSPS) is 10.4. The highest BCUT2D eigenvalue weighted by atomic mass is 32.1. The number of H-pyrrole nitrogens is 1. The molecule has 0 atom stereocenters. The Morgan fingerprint density at radius 1 is 1.53 bits per heavy atom. The molecule has 0 radical (unpaired) electrons. The van der Waals surface area contributed by atoms with Crippen molar-refractivity contribution >= 4 is 22.6 Å². The van der Waals surface area contributed by atoms with Crippen molar-refractivity contribution in [2.75, 3.05) is 17.6 Å². The number of aryl methyl sites for hydroxylation is 1. The Morgan fingerprint density at radius 3 is 3.13 bits per heavy atom. The first kappa shape index (κ1) is 9.84. The molecule has 0 aliphatic rings. The summed E-state index contributed by atoms with van der Waals surface area (Å²) in [6.45, 7) is 0.815. The molecule has 15 heavy (non-hydrogen) atoms. The van der Waals surface area contributed by atoms with Gasteiger partial charge in [-0.2, -0.15) is 14.5 Å². The van der Waals surface area contributed by atoms with Crippen LogP contribution in [0.25, 0.3) is 0 Å². The quantitative estimate of drug-likeness (QED) is 0.631. The van der Waals surface area contributed by atoms with Crippen LogP contribution in [0.3, 0.4) is 0 Å². The highest BCUT2D eigenvalue weighted by Crippen LogP contribution is 2.11. The molecule has 0 saturated heterocycles. The fraction of sp³-hybridized carbons (Fsp3) is 0.429. The summed E-state index contributed by atoms with van der Waals surface area (Å²) in [5.41, 5.74) is 5.38. The van der Waals surface area contributed by atoms with Crippen molar-refractivity contribution in [2.24, 2.45) is 0 Å². The van der Waals surface area contributed by atoms with Gasteiger partial charge in [0.15, 0.2) is 0 Å². The summed E-state index contributed by atoms with van der Waals surface area (Å²) in [6, 6.07) is 0. The SMILES string of the molecule is Nc1nsc(NCCCc2ncn[nH]2)n1. The lowest BCUT2D eigenvalue weighted by molar-refractivity contribution is 0.805. The van der Waals surface area contributed by atoms with E-state index in [0.29, 0.717) is 5.95 Å². The number of aromatic amines is 1. The summed E-state index contributed by atoms with van der Waals surface area (Å²) in [5.74, 6) is 1.21. The van der Waals surface area contributed by atoms with Gasteiger partial charge in [-0.15, -0.1) is 0 Å². The summed E-state index contributed by atoms with van der Waals surface area (Å²) >= 11 is 1.26. The molecule has 0 saturated carbocycles. The van der Waals surface area contributed by atoms with Crippen molar-refractivity contribution in [3.8, 4) is 0 Å². The Hall–Kier alpha value is -1.70. The van der Waals surface area contributed by atoms with E-state index in [4.69, 9.17) is 5.73 Å². The van der Waals surface area contributed by atoms with Gasteiger partial charge in [0.1, 0.15) is 12.2 Å². The third-order valence-corrected chi connectivity index (χ3v) is 2.46. The molecule has 8 heteroatoms. The number of nitrogen functional groups attached to an aromatic ring is 1. The second-order valence-electron chi connectivity index (χ2n) is 2.92. The van der Waals surface area contributed by atoms with Crippen LogP contribution in [-0.2, 0) is 6.42 Å². The molecule has 2 aromatic heterocycles. The summed E-state index contributed by atoms with van der Waals surface area (Å²) in [6.07, 6.45) is 3.32. The Bertz CT molecular complexity index is 395. The van der Waals surface area contributed by atoms with Crippen molar-refractivity contribution in [2.45, 2.75) is 12.8 Å². The number of anilines is 2. The number of nitrogens with zero attached hydrogens (tertiary/aromatic N) is 4. The highest BCUT2D eigenvalue weighted by molar-refractivity contribution is 7.09. The Morgan fingerprint density at radius 2 is 2.47 bits per heavy atom. The van der Waals surface area contributed by atoms with Gasteiger partial charge in [0, 0.05) is 24.5 Å². The van der Waals surface area contributed by atoms with Crippen molar-refractivity contribution < 1.29 is 0 Å². The van der Waals surface area contributed by atoms with E-state index in [1.165, 1.54) is 17.9 Å². The van der Waals surface area contributed by atoms with Gasteiger partial charge in [-0.05, 0) is 6.42 Å². The molecule has 0 aromatic carbocycles. The summed E-state index contributed by atoms with van der Waals surface area (Å²) in [5, 5.41) is 10.5. The number of nitrogens with two attached hydrogens (primary N) is 1. The molecule has 0 spiro atoms. The number of rotatable bonds is 5. The van der Waals surface area contributed by atoms with Crippen LogP contribution >= 0.6 is 11.5 Å². The van der Waals surface area contributed by atoms with Gasteiger partial charge in [0.25, 0.3) is 0 Å². The molecule has 0 unspecified atom stereocenters. The Balaban J connectivity index is 1.67. The molecule has 0 bridgehead atoms. The average Bonchev–Trinajstić information content (AvgIpc) is 2.84. The van der Waals surface area contributed by atoms with Gasteiger partial charge < -0.3 is 11.1 Å². The molecule has 2 aromatic rings. The lowest BCUT2D eigenvalue weighted by Gasteiger charge is -1.99. The smallest absolute Gasteiger partial charge is 0.233 e. The second kappa shape index (κ2) is 4.69. The summed E-state index contributed by atoms with van der Waals surface area (Å²) < 4.78 is 3.86. The number of hydrogen-bond donors (Lipinski definition) is 3. The van der Waals surface area contributed by atoms with Crippen LogP contribution in [0.1, 0.15) is 12.2 Å². The van der Waals surface area contributed by atoms with Crippen LogP contribution in [-0.4, -0.2) is 31.1 Å². The maximum absolute atomic E-state index is 5.38. The lowest BCUT2D eigenvalue weighted by atomic mass is 10.3. The molecule has 80 valence electrons. The first-order valence-electron chi connectivity index (χ1n) is 4.52. The van der Waals surface area contributed by atoms with Gasteiger partial charge >= 0.3 is 0 Å². The van der Waals surface area contributed by atoms with Gasteiger partial charge in [0.05, 0.1) is 0 Å². The minimum absolute atomic E-state index is 0.317. The molecule has 4 N–H and O–H groups in total. The van der Waals surface area contributed by atoms with Gasteiger partial charge in [0.2, 0.25) is 11.1 Å². The average molecular weight is 225 g/mol. The van der Waals surface area contributed by atoms with Crippen LogP contribution in [0.5, 0.6) is 0 Å². The fourth-order valence-electron chi connectivity index (χ4n) is 1.11. The third kappa shape index (κ3) is 2.88. The van der Waals surface area contributed by atoms with Crippen molar-refractivity contribution in [1.29, 1.82) is 0 Å². The van der Waals surface area contributed by atoms with Crippen molar-refractivity contribution in [1.82, 2.24) is 24.5 Å². The first-order valence-corrected chi connectivity index (χ1v) is 5.29. The Kier molecular flexibility index (Phi) is 3.08. The summed E-state index contributed by atoms with van der Waals surface area (Å²) in [7, 11) is 0. The molecule has 2 rings (SSSR count). The fourth-order valence-corrected chi connectivity index (χ4v) is 1.63. The van der Waals surface area contributed by atoms with Gasteiger partial charge in [-0.1, -0.05) is 0 Å². The molecule has 0 aliphatic heterocycles. The zero-order valence-corrected chi connectivity index (χ0v) is 8.79. The Labute approximate surface area is 90.3 Å². The largest absolute Gasteiger partial charge is 0.367 e. The van der Waals surface area contributed by atoms with Crippen LogP contribution < -0.4 is 11.1 Å². The van der Waals surface area contributed by atoms with E-state index in [2.05, 4.69) is 29.9 Å². The zero-order chi connectivity index (χ0) is 10.5. The molecule has 0 fully saturated rings. The number of nitrogens with one attached hydrogen (secondary N) is 2. The van der Waals surface area contributed by atoms with Crippen LogP contribution in [0.4, 0.5) is 11.1 Å². The van der Waals surface area contributed by atoms with Crippen LogP contribution in [0.2, 0.25) is 0 Å². The molecular formula is C7H11N7S. The summed E-state index contributed by atoms with van der Waals surface area (Å²) in [4.78, 5) is 8.01. The molecule has 0 amide bonds. The van der Waals surface area contributed by atoms with E-state index in [9.17, 15) is 0 Å².